The van der Waals surface area contributed by atoms with Crippen LogP contribution >= 0.6 is 11.6 Å². The van der Waals surface area contributed by atoms with Gasteiger partial charge in [-0.2, -0.15) is 0 Å². The monoisotopic (exact) mass is 394 g/mol. The van der Waals surface area contributed by atoms with Gasteiger partial charge in [0.05, 0.1) is 0 Å². The number of hydrogen-bond donors (Lipinski definition) is 0. The number of carbonyl (C=O) groups excluding carboxylic acids is 2. The van der Waals surface area contributed by atoms with E-state index in [1.54, 1.807) is 29.2 Å². The molecule has 1 heterocycles. The van der Waals surface area contributed by atoms with Crippen LogP contribution in [0.25, 0.3) is 0 Å². The maximum Gasteiger partial charge on any atom is 0.260 e. The van der Waals surface area contributed by atoms with Crippen molar-refractivity contribution in [2.24, 2.45) is 0 Å². The molecule has 0 aromatic heterocycles. The molecule has 0 bridgehead atoms. The number of hydrogen-bond acceptors (Lipinski definition) is 3. The fraction of sp³-hybridized carbons (Fsp3) is 0.263. The van der Waals surface area contributed by atoms with Crippen molar-refractivity contribution in [1.29, 1.82) is 0 Å². The Balaban J connectivity index is 1.50. The molecule has 27 heavy (non-hydrogen) atoms. The van der Waals surface area contributed by atoms with E-state index in [2.05, 4.69) is 0 Å². The van der Waals surface area contributed by atoms with Gasteiger partial charge in [0, 0.05) is 36.8 Å². The van der Waals surface area contributed by atoms with Crippen molar-refractivity contribution >= 4 is 23.4 Å². The fourth-order valence-electron chi connectivity index (χ4n) is 2.74. The summed E-state index contributed by atoms with van der Waals surface area (Å²) < 4.78 is 31.7. The van der Waals surface area contributed by atoms with Crippen LogP contribution in [0, 0.1) is 11.6 Å². The molecule has 1 fully saturated rings. The molecule has 8 heteroatoms. The molecule has 0 spiro atoms. The Hall–Kier alpha value is -2.67. The molecule has 1 saturated heterocycles. The SMILES string of the molecule is O=C(COc1ccc(Cl)cc1)N1CCN(C(=O)c2ccc(F)c(F)c2)CC1. The lowest BCUT2D eigenvalue weighted by molar-refractivity contribution is -0.134. The summed E-state index contributed by atoms with van der Waals surface area (Å²) in [6.07, 6.45) is 0. The summed E-state index contributed by atoms with van der Waals surface area (Å²) in [7, 11) is 0. The molecule has 1 aliphatic rings. The van der Waals surface area contributed by atoms with E-state index < -0.39 is 17.5 Å². The van der Waals surface area contributed by atoms with E-state index >= 15 is 0 Å². The van der Waals surface area contributed by atoms with Crippen LogP contribution in [0.4, 0.5) is 8.78 Å². The Morgan fingerprint density at radius 1 is 0.926 bits per heavy atom. The lowest BCUT2D eigenvalue weighted by atomic mass is 10.1. The minimum absolute atomic E-state index is 0.0831. The quantitative estimate of drug-likeness (QED) is 0.801. The zero-order valence-electron chi connectivity index (χ0n) is 14.3. The van der Waals surface area contributed by atoms with Crippen molar-refractivity contribution in [3.05, 3.63) is 64.7 Å². The van der Waals surface area contributed by atoms with Crippen LogP contribution in [0.1, 0.15) is 10.4 Å². The largest absolute Gasteiger partial charge is 0.484 e. The van der Waals surface area contributed by atoms with Crippen LogP contribution in [-0.4, -0.2) is 54.4 Å². The van der Waals surface area contributed by atoms with Crippen LogP contribution in [0.15, 0.2) is 42.5 Å². The zero-order chi connectivity index (χ0) is 19.4. The minimum Gasteiger partial charge on any atom is -0.484 e. The summed E-state index contributed by atoms with van der Waals surface area (Å²) in [5.74, 6) is -2.10. The third-order valence-electron chi connectivity index (χ3n) is 4.26. The number of carbonyl (C=O) groups is 2. The third-order valence-corrected chi connectivity index (χ3v) is 4.51. The molecular formula is C19H17ClF2N2O3. The van der Waals surface area contributed by atoms with E-state index in [0.717, 1.165) is 12.1 Å². The molecule has 1 aliphatic heterocycles. The Kier molecular flexibility index (Phi) is 5.91. The molecular weight excluding hydrogens is 378 g/mol. The highest BCUT2D eigenvalue weighted by molar-refractivity contribution is 6.30. The lowest BCUT2D eigenvalue weighted by Crippen LogP contribution is -2.51. The van der Waals surface area contributed by atoms with Gasteiger partial charge in [0.1, 0.15) is 5.75 Å². The first-order chi connectivity index (χ1) is 12.9. The predicted octanol–water partition coefficient (Wildman–Crippen LogP) is 2.98. The molecule has 2 amide bonds. The highest BCUT2D eigenvalue weighted by atomic mass is 35.5. The van der Waals surface area contributed by atoms with Gasteiger partial charge in [-0.05, 0) is 42.5 Å². The maximum absolute atomic E-state index is 13.3. The van der Waals surface area contributed by atoms with Gasteiger partial charge in [0.25, 0.3) is 11.8 Å². The highest BCUT2D eigenvalue weighted by Gasteiger charge is 2.25. The summed E-state index contributed by atoms with van der Waals surface area (Å²) in [5, 5.41) is 0.579. The Bertz CT molecular complexity index is 837. The fourth-order valence-corrected chi connectivity index (χ4v) is 2.86. The zero-order valence-corrected chi connectivity index (χ0v) is 15.1. The second kappa shape index (κ2) is 8.35. The van der Waals surface area contributed by atoms with E-state index in [9.17, 15) is 18.4 Å². The molecule has 0 N–H and O–H groups in total. The van der Waals surface area contributed by atoms with Gasteiger partial charge in [-0.3, -0.25) is 9.59 Å². The third kappa shape index (κ3) is 4.74. The number of amides is 2. The van der Waals surface area contributed by atoms with Gasteiger partial charge in [-0.1, -0.05) is 11.6 Å². The van der Waals surface area contributed by atoms with Gasteiger partial charge in [0.2, 0.25) is 0 Å². The number of ether oxygens (including phenoxy) is 1. The Morgan fingerprint density at radius 2 is 1.56 bits per heavy atom. The molecule has 2 aromatic carbocycles. The molecule has 142 valence electrons. The molecule has 0 radical (unpaired) electrons. The van der Waals surface area contributed by atoms with Gasteiger partial charge in [-0.15, -0.1) is 0 Å². The minimum atomic E-state index is -1.06. The van der Waals surface area contributed by atoms with Crippen LogP contribution in [0.3, 0.4) is 0 Å². The van der Waals surface area contributed by atoms with Crippen molar-refractivity contribution < 1.29 is 23.1 Å². The summed E-state index contributed by atoms with van der Waals surface area (Å²) in [6.45, 7) is 1.20. The summed E-state index contributed by atoms with van der Waals surface area (Å²) >= 11 is 5.79. The van der Waals surface area contributed by atoms with Crippen LogP contribution in [-0.2, 0) is 4.79 Å². The summed E-state index contributed by atoms with van der Waals surface area (Å²) in [4.78, 5) is 27.7. The molecule has 5 nitrogen and oxygen atoms in total. The Labute approximate surface area is 160 Å². The van der Waals surface area contributed by atoms with Crippen molar-refractivity contribution in [2.45, 2.75) is 0 Å². The number of rotatable bonds is 4. The van der Waals surface area contributed by atoms with Gasteiger partial charge in [-0.25, -0.2) is 8.78 Å². The van der Waals surface area contributed by atoms with Crippen LogP contribution in [0.5, 0.6) is 5.75 Å². The van der Waals surface area contributed by atoms with Gasteiger partial charge < -0.3 is 14.5 Å². The average Bonchev–Trinajstić information content (AvgIpc) is 2.69. The smallest absolute Gasteiger partial charge is 0.260 e. The van der Waals surface area contributed by atoms with E-state index in [0.29, 0.717) is 37.0 Å². The van der Waals surface area contributed by atoms with Crippen molar-refractivity contribution in [1.82, 2.24) is 9.80 Å². The first-order valence-electron chi connectivity index (χ1n) is 8.34. The van der Waals surface area contributed by atoms with Gasteiger partial charge in [0.15, 0.2) is 18.2 Å². The molecule has 0 unspecified atom stereocenters. The normalized spacial score (nSPS) is 14.2. The average molecular weight is 395 g/mol. The Morgan fingerprint density at radius 3 is 2.19 bits per heavy atom. The van der Waals surface area contributed by atoms with Crippen molar-refractivity contribution in [3.8, 4) is 5.75 Å². The lowest BCUT2D eigenvalue weighted by Gasteiger charge is -2.34. The van der Waals surface area contributed by atoms with E-state index in [-0.39, 0.29) is 18.1 Å². The number of nitrogens with zero attached hydrogens (tertiary/aromatic N) is 2. The number of halogens is 3. The summed E-state index contributed by atoms with van der Waals surface area (Å²) in [5.41, 5.74) is 0.0831. The number of piperazine rings is 1. The molecule has 0 saturated carbocycles. The van der Waals surface area contributed by atoms with E-state index in [4.69, 9.17) is 16.3 Å². The molecule has 3 rings (SSSR count). The van der Waals surface area contributed by atoms with Gasteiger partial charge >= 0.3 is 0 Å². The molecule has 2 aromatic rings. The second-order valence-corrected chi connectivity index (χ2v) is 6.48. The molecule has 0 aliphatic carbocycles. The highest BCUT2D eigenvalue weighted by Crippen LogP contribution is 2.16. The standard InChI is InChI=1S/C19H17ClF2N2O3/c20-14-2-4-15(5-3-14)27-12-18(25)23-7-9-24(10-8-23)19(26)13-1-6-16(21)17(22)11-13/h1-6,11H,7-10,12H2. The predicted molar refractivity (Wildman–Crippen MR) is 95.8 cm³/mol. The van der Waals surface area contributed by atoms with Crippen LogP contribution in [0.2, 0.25) is 5.02 Å². The number of benzene rings is 2. The first kappa shape index (κ1) is 19.1. The topological polar surface area (TPSA) is 49.9 Å². The second-order valence-electron chi connectivity index (χ2n) is 6.04. The molecule has 0 atom stereocenters. The maximum atomic E-state index is 13.3. The van der Waals surface area contributed by atoms with Crippen molar-refractivity contribution in [2.75, 3.05) is 32.8 Å². The first-order valence-corrected chi connectivity index (χ1v) is 8.72. The van der Waals surface area contributed by atoms with E-state index in [1.807, 2.05) is 0 Å². The van der Waals surface area contributed by atoms with Crippen LogP contribution < -0.4 is 4.74 Å². The summed E-state index contributed by atoms with van der Waals surface area (Å²) in [6, 6.07) is 9.75. The van der Waals surface area contributed by atoms with E-state index in [1.165, 1.54) is 11.0 Å². The van der Waals surface area contributed by atoms with Crippen molar-refractivity contribution in [3.63, 3.8) is 0 Å².